The molecule has 0 unspecified atom stereocenters. The van der Waals surface area contributed by atoms with Crippen molar-refractivity contribution in [2.24, 2.45) is 7.05 Å². The SMILES string of the molecule is CCC(=O)c1cccc(S(=O)(=O)NCc2nccn2C)c1. The average Bonchev–Trinajstić information content (AvgIpc) is 2.90. The number of hydrogen-bond acceptors (Lipinski definition) is 4. The van der Waals surface area contributed by atoms with Crippen LogP contribution in [0.15, 0.2) is 41.6 Å². The molecule has 0 bridgehead atoms. The van der Waals surface area contributed by atoms with E-state index < -0.39 is 10.0 Å². The van der Waals surface area contributed by atoms with Crippen molar-refractivity contribution in [1.82, 2.24) is 14.3 Å². The minimum absolute atomic E-state index is 0.0796. The molecule has 0 aliphatic carbocycles. The third kappa shape index (κ3) is 3.56. The Hall–Kier alpha value is -1.99. The van der Waals surface area contributed by atoms with E-state index in [4.69, 9.17) is 0 Å². The molecule has 0 radical (unpaired) electrons. The van der Waals surface area contributed by atoms with E-state index >= 15 is 0 Å². The molecule has 2 aromatic rings. The van der Waals surface area contributed by atoms with Crippen LogP contribution < -0.4 is 4.72 Å². The van der Waals surface area contributed by atoms with E-state index in [2.05, 4.69) is 9.71 Å². The van der Waals surface area contributed by atoms with E-state index in [9.17, 15) is 13.2 Å². The van der Waals surface area contributed by atoms with Crippen LogP contribution in [0.5, 0.6) is 0 Å². The number of rotatable bonds is 6. The molecule has 6 nitrogen and oxygen atoms in total. The average molecular weight is 307 g/mol. The zero-order valence-corrected chi connectivity index (χ0v) is 12.7. The summed E-state index contributed by atoms with van der Waals surface area (Å²) in [5.41, 5.74) is 0.400. The highest BCUT2D eigenvalue weighted by Gasteiger charge is 2.16. The van der Waals surface area contributed by atoms with Crippen LogP contribution in [0.3, 0.4) is 0 Å². The Morgan fingerprint density at radius 3 is 2.76 bits per heavy atom. The first-order chi connectivity index (χ1) is 9.94. The number of Topliss-reactive ketones (excluding diaryl/α,β-unsaturated/α-hetero) is 1. The molecular formula is C14H17N3O3S. The fraction of sp³-hybridized carbons (Fsp3) is 0.286. The van der Waals surface area contributed by atoms with Crippen molar-refractivity contribution >= 4 is 15.8 Å². The van der Waals surface area contributed by atoms with Crippen LogP contribution in [-0.4, -0.2) is 23.8 Å². The van der Waals surface area contributed by atoms with Crippen molar-refractivity contribution in [3.05, 3.63) is 48.0 Å². The van der Waals surface area contributed by atoms with Crippen molar-refractivity contribution in [1.29, 1.82) is 0 Å². The number of nitrogens with zero attached hydrogens (tertiary/aromatic N) is 2. The maximum atomic E-state index is 12.2. The molecule has 0 saturated heterocycles. The Kier molecular flexibility index (Phi) is 4.54. The summed E-state index contributed by atoms with van der Waals surface area (Å²) in [5.74, 6) is 0.524. The predicted octanol–water partition coefficient (Wildman–Crippen LogP) is 1.49. The van der Waals surface area contributed by atoms with Crippen LogP contribution in [0, 0.1) is 0 Å². The highest BCUT2D eigenvalue weighted by Crippen LogP contribution is 2.13. The van der Waals surface area contributed by atoms with Gasteiger partial charge in [-0.25, -0.2) is 18.1 Å². The lowest BCUT2D eigenvalue weighted by Crippen LogP contribution is -2.25. The number of hydrogen-bond donors (Lipinski definition) is 1. The Labute approximate surface area is 123 Å². The van der Waals surface area contributed by atoms with Crippen LogP contribution in [0.25, 0.3) is 0 Å². The van der Waals surface area contributed by atoms with Crippen molar-refractivity contribution in [3.8, 4) is 0 Å². The summed E-state index contributed by atoms with van der Waals surface area (Å²) in [4.78, 5) is 15.8. The van der Waals surface area contributed by atoms with Gasteiger partial charge >= 0.3 is 0 Å². The van der Waals surface area contributed by atoms with Gasteiger partial charge < -0.3 is 4.57 Å². The molecular weight excluding hydrogens is 290 g/mol. The van der Waals surface area contributed by atoms with Crippen LogP contribution in [0.2, 0.25) is 0 Å². The van der Waals surface area contributed by atoms with Crippen LogP contribution in [0.1, 0.15) is 29.5 Å². The van der Waals surface area contributed by atoms with E-state index in [1.165, 1.54) is 12.1 Å². The number of aryl methyl sites for hydroxylation is 1. The van der Waals surface area contributed by atoms with Gasteiger partial charge in [-0.3, -0.25) is 4.79 Å². The first kappa shape index (κ1) is 15.4. The number of aromatic nitrogens is 2. The maximum Gasteiger partial charge on any atom is 0.240 e. The summed E-state index contributed by atoms with van der Waals surface area (Å²) in [6.07, 6.45) is 3.68. The molecule has 0 atom stereocenters. The molecule has 7 heteroatoms. The largest absolute Gasteiger partial charge is 0.337 e. The second-order valence-electron chi connectivity index (χ2n) is 4.58. The maximum absolute atomic E-state index is 12.2. The molecule has 2 rings (SSSR count). The molecule has 0 aliphatic heterocycles. The van der Waals surface area contributed by atoms with Gasteiger partial charge in [-0.2, -0.15) is 0 Å². The summed E-state index contributed by atoms with van der Waals surface area (Å²) >= 11 is 0. The number of benzene rings is 1. The monoisotopic (exact) mass is 307 g/mol. The molecule has 21 heavy (non-hydrogen) atoms. The normalized spacial score (nSPS) is 11.5. The quantitative estimate of drug-likeness (QED) is 0.820. The summed E-state index contributed by atoms with van der Waals surface area (Å²) in [7, 11) is -1.88. The van der Waals surface area contributed by atoms with Gasteiger partial charge in [0.1, 0.15) is 5.82 Å². The van der Waals surface area contributed by atoms with Crippen molar-refractivity contribution in [3.63, 3.8) is 0 Å². The Bertz CT molecular complexity index is 750. The molecule has 0 amide bonds. The number of carbonyl (C=O) groups excluding carboxylic acids is 1. The van der Waals surface area contributed by atoms with Crippen molar-refractivity contribution < 1.29 is 13.2 Å². The van der Waals surface area contributed by atoms with E-state index in [0.29, 0.717) is 17.8 Å². The molecule has 1 heterocycles. The molecule has 0 spiro atoms. The summed E-state index contributed by atoms with van der Waals surface area (Å²) in [6, 6.07) is 6.04. The van der Waals surface area contributed by atoms with Crippen LogP contribution >= 0.6 is 0 Å². The standard InChI is InChI=1S/C14H17N3O3S/c1-3-13(18)11-5-4-6-12(9-11)21(19,20)16-10-14-15-7-8-17(14)2/h4-9,16H,3,10H2,1-2H3. The van der Waals surface area contributed by atoms with Crippen LogP contribution in [-0.2, 0) is 23.6 Å². The topological polar surface area (TPSA) is 81.1 Å². The van der Waals surface area contributed by atoms with E-state index in [0.717, 1.165) is 0 Å². The highest BCUT2D eigenvalue weighted by molar-refractivity contribution is 7.89. The Morgan fingerprint density at radius 2 is 2.14 bits per heavy atom. The van der Waals surface area contributed by atoms with E-state index in [1.54, 1.807) is 43.1 Å². The summed E-state index contributed by atoms with van der Waals surface area (Å²) < 4.78 is 28.7. The lowest BCUT2D eigenvalue weighted by molar-refractivity contribution is 0.0988. The molecule has 1 aromatic carbocycles. The predicted molar refractivity (Wildman–Crippen MR) is 78.3 cm³/mol. The first-order valence-electron chi connectivity index (χ1n) is 6.53. The number of ketones is 1. The zero-order valence-electron chi connectivity index (χ0n) is 11.9. The van der Waals surface area contributed by atoms with Gasteiger partial charge in [-0.1, -0.05) is 19.1 Å². The number of nitrogens with one attached hydrogen (secondary N) is 1. The number of carbonyl (C=O) groups is 1. The van der Waals surface area contributed by atoms with Gasteiger partial charge in [0, 0.05) is 31.4 Å². The molecule has 0 fully saturated rings. The van der Waals surface area contributed by atoms with Gasteiger partial charge in [0.2, 0.25) is 10.0 Å². The zero-order chi connectivity index (χ0) is 15.5. The second-order valence-corrected chi connectivity index (χ2v) is 6.35. The van der Waals surface area contributed by atoms with Gasteiger partial charge in [-0.05, 0) is 12.1 Å². The molecule has 0 saturated carbocycles. The molecule has 112 valence electrons. The lowest BCUT2D eigenvalue weighted by Gasteiger charge is -2.08. The van der Waals surface area contributed by atoms with Crippen molar-refractivity contribution in [2.45, 2.75) is 24.8 Å². The van der Waals surface area contributed by atoms with Gasteiger partial charge in [0.15, 0.2) is 5.78 Å². The number of sulfonamides is 1. The fourth-order valence-corrected chi connectivity index (χ4v) is 2.88. The van der Waals surface area contributed by atoms with E-state index in [-0.39, 0.29) is 17.2 Å². The fourth-order valence-electron chi connectivity index (χ4n) is 1.85. The minimum atomic E-state index is -3.67. The van der Waals surface area contributed by atoms with E-state index in [1.807, 2.05) is 0 Å². The lowest BCUT2D eigenvalue weighted by atomic mass is 10.1. The van der Waals surface area contributed by atoms with Gasteiger partial charge in [0.05, 0.1) is 11.4 Å². The second kappa shape index (κ2) is 6.19. The Balaban J connectivity index is 2.19. The third-order valence-corrected chi connectivity index (χ3v) is 4.53. The molecule has 1 N–H and O–H groups in total. The van der Waals surface area contributed by atoms with Gasteiger partial charge in [-0.15, -0.1) is 0 Å². The smallest absolute Gasteiger partial charge is 0.240 e. The molecule has 0 aliphatic rings. The molecule has 1 aromatic heterocycles. The Morgan fingerprint density at radius 1 is 1.38 bits per heavy atom. The third-order valence-electron chi connectivity index (χ3n) is 3.13. The van der Waals surface area contributed by atoms with Gasteiger partial charge in [0.25, 0.3) is 0 Å². The summed E-state index contributed by atoms with van der Waals surface area (Å²) in [6.45, 7) is 1.83. The summed E-state index contributed by atoms with van der Waals surface area (Å²) in [5, 5.41) is 0. The van der Waals surface area contributed by atoms with Crippen molar-refractivity contribution in [2.75, 3.05) is 0 Å². The van der Waals surface area contributed by atoms with Crippen LogP contribution in [0.4, 0.5) is 0 Å². The first-order valence-corrected chi connectivity index (χ1v) is 8.01. The minimum Gasteiger partial charge on any atom is -0.337 e. The number of imidazole rings is 1. The highest BCUT2D eigenvalue weighted by atomic mass is 32.2.